The van der Waals surface area contributed by atoms with Crippen molar-refractivity contribution in [3.8, 4) is 0 Å². The van der Waals surface area contributed by atoms with Gasteiger partial charge in [-0.2, -0.15) is 4.37 Å². The minimum Gasteiger partial charge on any atom is -0.465 e. The smallest absolute Gasteiger partial charge is 0.337 e. The molecule has 0 unspecified atom stereocenters. The quantitative estimate of drug-likeness (QED) is 0.578. The fourth-order valence-corrected chi connectivity index (χ4v) is 4.47. The monoisotopic (exact) mass is 452 g/mol. The van der Waals surface area contributed by atoms with Crippen LogP contribution in [0.25, 0.3) is 10.1 Å². The van der Waals surface area contributed by atoms with Crippen molar-refractivity contribution in [1.82, 2.24) is 9.27 Å². The van der Waals surface area contributed by atoms with Crippen molar-refractivity contribution < 1.29 is 19.1 Å². The maximum atomic E-state index is 12.6. The van der Waals surface area contributed by atoms with Gasteiger partial charge in [-0.15, -0.1) is 0 Å². The van der Waals surface area contributed by atoms with Gasteiger partial charge in [0.1, 0.15) is 5.82 Å². The molecule has 0 saturated carbocycles. The third kappa shape index (κ3) is 4.88. The molecular weight excluding hydrogens is 428 g/mol. The minimum absolute atomic E-state index is 0.0241. The van der Waals surface area contributed by atoms with E-state index < -0.39 is 5.97 Å². The Balaban J connectivity index is 1.23. The molecule has 3 aromatic rings. The molecule has 1 saturated heterocycles. The standard InChI is InChI=1S/C23H24N4O4S/c1-31-23(30)16-6-8-17(9-7-16)24-20(28)10-11-21(29)26-12-14-27(15-13-26)22-18-4-2-3-5-19(18)32-25-22/h2-9H,10-15H2,1H3,(H,24,28). The highest BCUT2D eigenvalue weighted by atomic mass is 32.1. The topological polar surface area (TPSA) is 91.8 Å². The summed E-state index contributed by atoms with van der Waals surface area (Å²) in [5.41, 5.74) is 0.977. The Morgan fingerprint density at radius 3 is 2.44 bits per heavy atom. The number of aromatic nitrogens is 1. The largest absolute Gasteiger partial charge is 0.465 e. The summed E-state index contributed by atoms with van der Waals surface area (Å²) in [6.07, 6.45) is 0.264. The molecule has 0 atom stereocenters. The highest BCUT2D eigenvalue weighted by Gasteiger charge is 2.24. The molecule has 1 aliphatic heterocycles. The van der Waals surface area contributed by atoms with Crippen molar-refractivity contribution in [2.45, 2.75) is 12.8 Å². The minimum atomic E-state index is -0.434. The number of methoxy groups -OCH3 is 1. The number of amides is 2. The van der Waals surface area contributed by atoms with E-state index >= 15 is 0 Å². The number of hydrogen-bond acceptors (Lipinski definition) is 7. The maximum absolute atomic E-state index is 12.6. The average molecular weight is 453 g/mol. The van der Waals surface area contributed by atoms with Crippen LogP contribution in [-0.4, -0.2) is 60.3 Å². The lowest BCUT2D eigenvalue weighted by Gasteiger charge is -2.35. The zero-order chi connectivity index (χ0) is 22.5. The number of nitrogens with zero attached hydrogens (tertiary/aromatic N) is 3. The second-order valence-corrected chi connectivity index (χ2v) is 8.29. The van der Waals surface area contributed by atoms with Crippen molar-refractivity contribution in [3.63, 3.8) is 0 Å². The summed E-state index contributed by atoms with van der Waals surface area (Å²) in [6, 6.07) is 14.6. The molecule has 9 heteroatoms. The van der Waals surface area contributed by atoms with Gasteiger partial charge in [0.2, 0.25) is 11.8 Å². The van der Waals surface area contributed by atoms with E-state index in [1.165, 1.54) is 18.6 Å². The van der Waals surface area contributed by atoms with E-state index in [4.69, 9.17) is 0 Å². The Morgan fingerprint density at radius 1 is 1.00 bits per heavy atom. The lowest BCUT2D eigenvalue weighted by molar-refractivity contribution is -0.133. The molecule has 8 nitrogen and oxygen atoms in total. The Morgan fingerprint density at radius 2 is 1.72 bits per heavy atom. The zero-order valence-corrected chi connectivity index (χ0v) is 18.6. The first-order chi connectivity index (χ1) is 15.5. The van der Waals surface area contributed by atoms with Crippen molar-refractivity contribution in [1.29, 1.82) is 0 Å². The molecule has 2 amide bonds. The van der Waals surface area contributed by atoms with E-state index in [1.54, 1.807) is 24.3 Å². The predicted octanol–water partition coefficient (Wildman–Crippen LogP) is 3.15. The third-order valence-corrected chi connectivity index (χ3v) is 6.26. The van der Waals surface area contributed by atoms with Crippen LogP contribution in [0.5, 0.6) is 0 Å². The summed E-state index contributed by atoms with van der Waals surface area (Å²) in [6.45, 7) is 2.67. The highest BCUT2D eigenvalue weighted by Crippen LogP contribution is 2.29. The van der Waals surface area contributed by atoms with E-state index in [-0.39, 0.29) is 24.7 Å². The van der Waals surface area contributed by atoms with Crippen molar-refractivity contribution in [2.24, 2.45) is 0 Å². The molecule has 32 heavy (non-hydrogen) atoms. The first kappa shape index (κ1) is 21.8. The van der Waals surface area contributed by atoms with Crippen LogP contribution in [0.15, 0.2) is 48.5 Å². The Labute approximate surface area is 189 Å². The first-order valence-corrected chi connectivity index (χ1v) is 11.2. The number of fused-ring (bicyclic) bond motifs is 1. The van der Waals surface area contributed by atoms with Crippen LogP contribution in [0.1, 0.15) is 23.2 Å². The van der Waals surface area contributed by atoms with E-state index in [1.807, 2.05) is 17.0 Å². The summed E-state index contributed by atoms with van der Waals surface area (Å²) < 4.78 is 10.4. The Kier molecular flexibility index (Phi) is 6.65. The maximum Gasteiger partial charge on any atom is 0.337 e. The molecule has 2 heterocycles. The predicted molar refractivity (Wildman–Crippen MR) is 124 cm³/mol. The van der Waals surface area contributed by atoms with E-state index in [2.05, 4.69) is 31.5 Å². The van der Waals surface area contributed by atoms with Crippen LogP contribution in [0.3, 0.4) is 0 Å². The number of rotatable bonds is 6. The fourth-order valence-electron chi connectivity index (χ4n) is 3.68. The first-order valence-electron chi connectivity index (χ1n) is 10.4. The van der Waals surface area contributed by atoms with Gasteiger partial charge in [0.25, 0.3) is 0 Å². The van der Waals surface area contributed by atoms with Gasteiger partial charge in [0.15, 0.2) is 0 Å². The summed E-state index contributed by atoms with van der Waals surface area (Å²) in [4.78, 5) is 40.3. The van der Waals surface area contributed by atoms with Crippen LogP contribution in [0, 0.1) is 0 Å². The van der Waals surface area contributed by atoms with E-state index in [0.717, 1.165) is 29.0 Å². The Bertz CT molecular complexity index is 1120. The molecule has 2 aromatic carbocycles. The number of nitrogens with one attached hydrogen (secondary N) is 1. The van der Waals surface area contributed by atoms with Crippen molar-refractivity contribution in [2.75, 3.05) is 43.5 Å². The molecule has 166 valence electrons. The fraction of sp³-hybridized carbons (Fsp3) is 0.304. The molecule has 0 bridgehead atoms. The number of benzene rings is 2. The molecule has 4 rings (SSSR count). The van der Waals surface area contributed by atoms with Gasteiger partial charge in [-0.25, -0.2) is 4.79 Å². The number of hydrogen-bond donors (Lipinski definition) is 1. The molecule has 1 aromatic heterocycles. The number of piperazine rings is 1. The van der Waals surface area contributed by atoms with Gasteiger partial charge >= 0.3 is 5.97 Å². The van der Waals surface area contributed by atoms with Crippen molar-refractivity contribution in [3.05, 3.63) is 54.1 Å². The summed E-state index contributed by atoms with van der Waals surface area (Å²) in [7, 11) is 1.32. The molecule has 1 aliphatic rings. The molecule has 1 fully saturated rings. The van der Waals surface area contributed by atoms with Gasteiger partial charge in [-0.1, -0.05) is 12.1 Å². The third-order valence-electron chi connectivity index (χ3n) is 5.45. The number of carbonyl (C=O) groups is 3. The number of anilines is 2. The van der Waals surface area contributed by atoms with Crippen molar-refractivity contribution >= 4 is 50.9 Å². The number of ether oxygens (including phenoxy) is 1. The average Bonchev–Trinajstić information content (AvgIpc) is 3.27. The summed E-state index contributed by atoms with van der Waals surface area (Å²) in [5.74, 6) is 0.285. The second-order valence-electron chi connectivity index (χ2n) is 7.49. The summed E-state index contributed by atoms with van der Waals surface area (Å²) in [5, 5.41) is 3.90. The normalized spacial score (nSPS) is 13.8. The Hall–Kier alpha value is -3.46. The number of carbonyl (C=O) groups excluding carboxylic acids is 3. The van der Waals surface area contributed by atoms with Gasteiger partial charge in [-0.05, 0) is 47.9 Å². The van der Waals surface area contributed by atoms with Crippen LogP contribution < -0.4 is 10.2 Å². The van der Waals surface area contributed by atoms with E-state index in [0.29, 0.717) is 24.3 Å². The lowest BCUT2D eigenvalue weighted by Crippen LogP contribution is -2.49. The van der Waals surface area contributed by atoms with Gasteiger partial charge in [0, 0.05) is 50.1 Å². The second kappa shape index (κ2) is 9.78. The molecule has 0 spiro atoms. The SMILES string of the molecule is COC(=O)c1ccc(NC(=O)CCC(=O)N2CCN(c3nsc4ccccc34)CC2)cc1. The van der Waals surface area contributed by atoms with Crippen LogP contribution in [-0.2, 0) is 14.3 Å². The van der Waals surface area contributed by atoms with Gasteiger partial charge in [0.05, 0.1) is 17.4 Å². The number of esters is 1. The van der Waals surface area contributed by atoms with Crippen LogP contribution in [0.2, 0.25) is 0 Å². The van der Waals surface area contributed by atoms with Gasteiger partial charge < -0.3 is 19.9 Å². The van der Waals surface area contributed by atoms with Crippen LogP contribution in [0.4, 0.5) is 11.5 Å². The van der Waals surface area contributed by atoms with E-state index in [9.17, 15) is 14.4 Å². The molecule has 0 aliphatic carbocycles. The summed E-state index contributed by atoms with van der Waals surface area (Å²) >= 11 is 1.49. The highest BCUT2D eigenvalue weighted by molar-refractivity contribution is 7.13. The lowest BCUT2D eigenvalue weighted by atomic mass is 10.2. The molecule has 0 radical (unpaired) electrons. The zero-order valence-electron chi connectivity index (χ0n) is 17.7. The van der Waals surface area contributed by atoms with Gasteiger partial charge in [-0.3, -0.25) is 9.59 Å². The van der Waals surface area contributed by atoms with Crippen LogP contribution >= 0.6 is 11.5 Å². The molecular formula is C23H24N4O4S. The molecule has 1 N–H and O–H groups in total.